The minimum absolute atomic E-state index is 0.00228. The SMILES string of the molecule is COc1cc2c(OC)cnc(OC3CC4C(=O)NC5(C(=O)NS(=O)(=O)C6(CO)CC6)CC5C=CCCC(C)CC(C)C(NC(=O)OC(C)(C)C(F)(F)F)C(=O)N4C3)c2cc1F. The quantitative estimate of drug-likeness (QED) is 0.197. The molecule has 21 heteroatoms. The van der Waals surface area contributed by atoms with Gasteiger partial charge in [0.1, 0.15) is 34.2 Å². The number of benzene rings is 1. The topological polar surface area (TPSA) is 212 Å². The molecule has 16 nitrogen and oxygen atoms in total. The van der Waals surface area contributed by atoms with Gasteiger partial charge in [-0.15, -0.1) is 0 Å². The number of rotatable bonds is 10. The second-order valence-electron chi connectivity index (χ2n) is 17.0. The van der Waals surface area contributed by atoms with Crippen molar-refractivity contribution in [2.45, 2.75) is 113 Å². The van der Waals surface area contributed by atoms with E-state index in [1.54, 1.807) is 19.1 Å². The van der Waals surface area contributed by atoms with Gasteiger partial charge in [0.05, 0.1) is 39.0 Å². The Morgan fingerprint density at radius 3 is 2.38 bits per heavy atom. The van der Waals surface area contributed by atoms with Gasteiger partial charge in [-0.05, 0) is 76.3 Å². The van der Waals surface area contributed by atoms with E-state index in [0.29, 0.717) is 38.5 Å². The second kappa shape index (κ2) is 16.7. The molecule has 336 valence electrons. The van der Waals surface area contributed by atoms with E-state index in [0.717, 1.165) is 11.0 Å². The van der Waals surface area contributed by atoms with Crippen LogP contribution in [-0.4, -0.2) is 115 Å². The van der Waals surface area contributed by atoms with Crippen LogP contribution in [-0.2, 0) is 29.1 Å². The van der Waals surface area contributed by atoms with E-state index in [9.17, 15) is 45.9 Å². The van der Waals surface area contributed by atoms with Gasteiger partial charge in [-0.1, -0.05) is 26.0 Å². The molecule has 3 fully saturated rings. The summed E-state index contributed by atoms with van der Waals surface area (Å²) in [5, 5.41) is 15.4. The summed E-state index contributed by atoms with van der Waals surface area (Å²) in [6.45, 7) is 3.76. The van der Waals surface area contributed by atoms with Crippen molar-refractivity contribution in [2.75, 3.05) is 27.4 Å². The number of nitrogens with zero attached hydrogens (tertiary/aromatic N) is 2. The van der Waals surface area contributed by atoms with Crippen LogP contribution in [0.4, 0.5) is 22.4 Å². The van der Waals surface area contributed by atoms with E-state index >= 15 is 4.39 Å². The van der Waals surface area contributed by atoms with Crippen molar-refractivity contribution in [3.63, 3.8) is 0 Å². The lowest BCUT2D eigenvalue weighted by atomic mass is 9.88. The summed E-state index contributed by atoms with van der Waals surface area (Å²) < 4.78 is 105. The Labute approximate surface area is 350 Å². The number of carbonyl (C=O) groups excluding carboxylic acids is 4. The van der Waals surface area contributed by atoms with E-state index in [1.807, 2.05) is 6.92 Å². The molecule has 6 rings (SSSR count). The monoisotopic (exact) mass is 885 g/mol. The molecule has 1 saturated heterocycles. The van der Waals surface area contributed by atoms with Crippen molar-refractivity contribution < 1.29 is 69.2 Å². The number of fused-ring (bicyclic) bond motifs is 3. The molecule has 4 aliphatic rings. The zero-order valence-electron chi connectivity index (χ0n) is 34.6. The van der Waals surface area contributed by atoms with Gasteiger partial charge in [-0.3, -0.25) is 19.1 Å². The van der Waals surface area contributed by atoms with Gasteiger partial charge in [-0.25, -0.2) is 22.6 Å². The first kappa shape index (κ1) is 45.6. The van der Waals surface area contributed by atoms with E-state index in [1.165, 1.54) is 26.5 Å². The maximum Gasteiger partial charge on any atom is 0.427 e. The van der Waals surface area contributed by atoms with Gasteiger partial charge in [0.2, 0.25) is 33.3 Å². The summed E-state index contributed by atoms with van der Waals surface area (Å²) in [6, 6.07) is -0.497. The van der Waals surface area contributed by atoms with Crippen molar-refractivity contribution in [3.8, 4) is 17.4 Å². The number of aliphatic hydroxyl groups excluding tert-OH is 1. The number of alkyl halides is 3. The second-order valence-corrected chi connectivity index (χ2v) is 19.1. The highest BCUT2D eigenvalue weighted by molar-refractivity contribution is 7.91. The van der Waals surface area contributed by atoms with Crippen LogP contribution in [0.25, 0.3) is 10.8 Å². The number of sulfonamides is 1. The van der Waals surface area contributed by atoms with Crippen molar-refractivity contribution >= 4 is 44.6 Å². The normalized spacial score (nSPS) is 28.0. The van der Waals surface area contributed by atoms with E-state index in [-0.39, 0.29) is 60.9 Å². The number of allylic oxidation sites excluding steroid dienone is 1. The average molecular weight is 886 g/mol. The molecular formula is C40H51F4N5O11S. The smallest absolute Gasteiger partial charge is 0.427 e. The van der Waals surface area contributed by atoms with E-state index in [4.69, 9.17) is 18.9 Å². The predicted octanol–water partition coefficient (Wildman–Crippen LogP) is 4.03. The summed E-state index contributed by atoms with van der Waals surface area (Å²) in [6.07, 6.45) is -1.41. The van der Waals surface area contributed by atoms with Gasteiger partial charge < -0.3 is 39.6 Å². The van der Waals surface area contributed by atoms with Crippen LogP contribution in [0.2, 0.25) is 0 Å². The third kappa shape index (κ3) is 9.03. The maximum atomic E-state index is 15.1. The lowest BCUT2D eigenvalue weighted by Crippen LogP contribution is -2.60. The molecule has 2 aromatic rings. The number of pyridine rings is 1. The standard InChI is InChI=1S/C40H51F4N5O11S/c1-21-9-7-8-10-23-17-39(23,35(53)48-61(55,56)38(20-50)11-12-38)47-32(51)28-14-24(59-33-26-15-27(41)29(57-5)16-25(26)30(58-6)18-45-33)19-49(28)34(52)31(22(2)13-21)46-36(54)60-37(3,4)40(42,43)44/h8,10,15-16,18,21-24,28,31,50H,7,9,11-14,17,19-20H2,1-6H3,(H,46,54)(H,47,51)(H,48,53). The lowest BCUT2D eigenvalue weighted by molar-refractivity contribution is -0.244. The molecule has 3 heterocycles. The van der Waals surface area contributed by atoms with Crippen LogP contribution in [0.5, 0.6) is 17.4 Å². The third-order valence-corrected chi connectivity index (χ3v) is 14.3. The van der Waals surface area contributed by atoms with Gasteiger partial charge in [0.25, 0.3) is 5.91 Å². The number of aliphatic hydroxyl groups is 1. The summed E-state index contributed by atoms with van der Waals surface area (Å²) >= 11 is 0. The van der Waals surface area contributed by atoms with Crippen LogP contribution < -0.4 is 29.6 Å². The van der Waals surface area contributed by atoms with Gasteiger partial charge in [-0.2, -0.15) is 13.2 Å². The molecule has 2 aliphatic heterocycles. The number of aromatic nitrogens is 1. The number of carbonyl (C=O) groups is 4. The molecule has 0 bridgehead atoms. The third-order valence-electron chi connectivity index (χ3n) is 12.2. The van der Waals surface area contributed by atoms with Crippen molar-refractivity contribution in [3.05, 3.63) is 36.3 Å². The summed E-state index contributed by atoms with van der Waals surface area (Å²) in [7, 11) is -1.72. The first-order valence-electron chi connectivity index (χ1n) is 19.9. The summed E-state index contributed by atoms with van der Waals surface area (Å²) in [5.74, 6) is -5.01. The lowest BCUT2D eigenvalue weighted by Gasteiger charge is -2.34. The molecule has 7 atom stereocenters. The number of ether oxygens (including phenoxy) is 4. The van der Waals surface area contributed by atoms with Crippen LogP contribution in [0, 0.1) is 23.6 Å². The Morgan fingerprint density at radius 1 is 1.07 bits per heavy atom. The Kier molecular flexibility index (Phi) is 12.5. The number of halogens is 4. The molecule has 2 saturated carbocycles. The number of nitrogens with one attached hydrogen (secondary N) is 3. The minimum atomic E-state index is -4.96. The van der Waals surface area contributed by atoms with Crippen LogP contribution >= 0.6 is 0 Å². The van der Waals surface area contributed by atoms with Gasteiger partial charge >= 0.3 is 12.3 Å². The number of methoxy groups -OCH3 is 2. The van der Waals surface area contributed by atoms with Gasteiger partial charge in [0.15, 0.2) is 11.6 Å². The van der Waals surface area contributed by atoms with Crippen LogP contribution in [0.1, 0.15) is 72.6 Å². The fourth-order valence-electron chi connectivity index (χ4n) is 8.00. The molecule has 4 amide bonds. The number of amides is 4. The van der Waals surface area contributed by atoms with Crippen molar-refractivity contribution in [1.82, 2.24) is 25.2 Å². The highest BCUT2D eigenvalue weighted by Gasteiger charge is 2.64. The summed E-state index contributed by atoms with van der Waals surface area (Å²) in [5.41, 5.74) is -4.72. The molecule has 4 N–H and O–H groups in total. The Hall–Kier alpha value is -4.92. The molecule has 1 aromatic heterocycles. The fraction of sp³-hybridized carbons (Fsp3) is 0.625. The molecule has 2 aliphatic carbocycles. The zero-order valence-corrected chi connectivity index (χ0v) is 35.4. The number of hydrogen-bond acceptors (Lipinski definition) is 12. The molecule has 0 spiro atoms. The highest BCUT2D eigenvalue weighted by atomic mass is 32.2. The Bertz CT molecular complexity index is 2200. The summed E-state index contributed by atoms with van der Waals surface area (Å²) in [4.78, 5) is 61.8. The van der Waals surface area contributed by atoms with Crippen molar-refractivity contribution in [2.24, 2.45) is 17.8 Å². The largest absolute Gasteiger partial charge is 0.494 e. The minimum Gasteiger partial charge on any atom is -0.494 e. The fourth-order valence-corrected chi connectivity index (χ4v) is 9.45. The molecule has 61 heavy (non-hydrogen) atoms. The van der Waals surface area contributed by atoms with E-state index in [2.05, 4.69) is 20.3 Å². The van der Waals surface area contributed by atoms with Crippen molar-refractivity contribution in [1.29, 1.82) is 0 Å². The number of hydrogen-bond donors (Lipinski definition) is 4. The first-order valence-corrected chi connectivity index (χ1v) is 21.4. The van der Waals surface area contributed by atoms with Crippen LogP contribution in [0.15, 0.2) is 30.5 Å². The molecule has 1 aromatic carbocycles. The predicted molar refractivity (Wildman–Crippen MR) is 209 cm³/mol. The maximum absolute atomic E-state index is 15.1. The zero-order chi connectivity index (χ0) is 44.9. The van der Waals surface area contributed by atoms with E-state index < -0.39 is 98.3 Å². The number of alkyl carbamates (subject to hydrolysis) is 1. The molecule has 0 radical (unpaired) electrons. The van der Waals surface area contributed by atoms with Crippen LogP contribution in [0.3, 0.4) is 0 Å². The van der Waals surface area contributed by atoms with Gasteiger partial charge in [0, 0.05) is 17.7 Å². The average Bonchev–Trinajstić information content (AvgIpc) is 4.09. The molecular weight excluding hydrogens is 835 g/mol. The highest BCUT2D eigenvalue weighted by Crippen LogP contribution is 2.48. The molecule has 7 unspecified atom stereocenters. The Morgan fingerprint density at radius 2 is 1.75 bits per heavy atom. The first-order chi connectivity index (χ1) is 28.5. The Balaban J connectivity index is 1.38.